The molecule has 9 heteroatoms. The topological polar surface area (TPSA) is 116 Å². The molecule has 2 fully saturated rings. The predicted molar refractivity (Wildman–Crippen MR) is 104 cm³/mol. The maximum Gasteiger partial charge on any atom is 0.251 e. The van der Waals surface area contributed by atoms with E-state index in [0.29, 0.717) is 5.56 Å². The van der Waals surface area contributed by atoms with Crippen molar-refractivity contribution < 1.29 is 23.7 Å². The molecule has 6 atom stereocenters. The van der Waals surface area contributed by atoms with Crippen molar-refractivity contribution in [3.8, 4) is 0 Å². The molecule has 0 spiro atoms. The standard InChI is InChI=1S/C21H22N4O5/c1-27-21-17(23-19(26)13-8-4-2-5-9-13)16(24-25-22)18-15(29-21)12-28-20(30-18)14-10-6-3-7-11-14/h2-11,15-18,20-22H,12H2,1H3/p+1/t15?,16?,17?,18-,20?,21?/m1/s1. The summed E-state index contributed by atoms with van der Waals surface area (Å²) in [6.07, 6.45) is -2.46. The number of hydrogen-bond donors (Lipinski definition) is 2. The Hall–Kier alpha value is -2.94. The van der Waals surface area contributed by atoms with Gasteiger partial charge in [-0.3, -0.25) is 4.79 Å². The first kappa shape index (κ1) is 20.3. The van der Waals surface area contributed by atoms with Crippen molar-refractivity contribution in [1.29, 1.82) is 5.53 Å². The van der Waals surface area contributed by atoms with E-state index in [4.69, 9.17) is 24.5 Å². The van der Waals surface area contributed by atoms with Gasteiger partial charge in [-0.1, -0.05) is 48.5 Å². The maximum atomic E-state index is 12.8. The van der Waals surface area contributed by atoms with Gasteiger partial charge < -0.3 is 24.3 Å². The molecule has 2 heterocycles. The Labute approximate surface area is 173 Å². The molecule has 2 aromatic rings. The van der Waals surface area contributed by atoms with Crippen molar-refractivity contribution in [1.82, 2.24) is 10.2 Å². The number of methoxy groups -OCH3 is 1. The smallest absolute Gasteiger partial charge is 0.251 e. The van der Waals surface area contributed by atoms with Gasteiger partial charge in [0.1, 0.15) is 28.9 Å². The van der Waals surface area contributed by atoms with Crippen molar-refractivity contribution >= 4 is 5.91 Å². The molecule has 156 valence electrons. The minimum atomic E-state index is -0.796. The number of nitrogens with zero attached hydrogens (tertiary/aromatic N) is 2. The molecule has 4 rings (SSSR count). The molecule has 9 nitrogen and oxygen atoms in total. The van der Waals surface area contributed by atoms with Gasteiger partial charge in [-0.25, -0.2) is 0 Å². The molecular formula is C21H23N4O5+. The lowest BCUT2D eigenvalue weighted by atomic mass is 9.93. The van der Waals surface area contributed by atoms with Crippen molar-refractivity contribution in [2.75, 3.05) is 13.7 Å². The zero-order valence-electron chi connectivity index (χ0n) is 16.4. The van der Waals surface area contributed by atoms with Crippen LogP contribution in [0, 0.1) is 5.53 Å². The second kappa shape index (κ2) is 9.25. The quantitative estimate of drug-likeness (QED) is 0.578. The fourth-order valence-corrected chi connectivity index (χ4v) is 3.76. The summed E-state index contributed by atoms with van der Waals surface area (Å²) in [7, 11) is 1.48. The maximum absolute atomic E-state index is 12.8. The third-order valence-corrected chi connectivity index (χ3v) is 5.19. The summed E-state index contributed by atoms with van der Waals surface area (Å²) in [5, 5.41) is 6.97. The first-order valence-electron chi connectivity index (χ1n) is 9.64. The van der Waals surface area contributed by atoms with Crippen molar-refractivity contribution in [2.45, 2.75) is 36.9 Å². The van der Waals surface area contributed by atoms with Crippen LogP contribution in [0.4, 0.5) is 0 Å². The summed E-state index contributed by atoms with van der Waals surface area (Å²) in [6.45, 7) is 0.257. The molecule has 5 unspecified atom stereocenters. The number of rotatable bonds is 5. The predicted octanol–water partition coefficient (Wildman–Crippen LogP) is 2.19. The summed E-state index contributed by atoms with van der Waals surface area (Å²) in [5.41, 5.74) is 8.65. The Balaban J connectivity index is 1.59. The fourth-order valence-electron chi connectivity index (χ4n) is 3.76. The minimum absolute atomic E-state index is 0.257. The lowest BCUT2D eigenvalue weighted by Gasteiger charge is -2.46. The lowest BCUT2D eigenvalue weighted by molar-refractivity contribution is -0.323. The number of fused-ring (bicyclic) bond motifs is 1. The zero-order chi connectivity index (χ0) is 20.9. The summed E-state index contributed by atoms with van der Waals surface area (Å²) < 4.78 is 23.5. The number of benzene rings is 2. The van der Waals surface area contributed by atoms with Crippen LogP contribution in [0.15, 0.2) is 65.8 Å². The average Bonchev–Trinajstić information content (AvgIpc) is 2.81. The molecular weight excluding hydrogens is 388 g/mol. The molecule has 0 bridgehead atoms. The third-order valence-electron chi connectivity index (χ3n) is 5.19. The van der Waals surface area contributed by atoms with E-state index in [0.717, 1.165) is 5.56 Å². The molecule has 0 radical (unpaired) electrons. The number of carbonyl (C=O) groups is 1. The molecule has 30 heavy (non-hydrogen) atoms. The molecule has 0 aromatic heterocycles. The van der Waals surface area contributed by atoms with Crippen LogP contribution in [0.2, 0.25) is 0 Å². The normalized spacial score (nSPS) is 30.6. The Bertz CT molecular complexity index is 906. The van der Waals surface area contributed by atoms with Gasteiger partial charge in [-0.05, 0) is 12.1 Å². The summed E-state index contributed by atoms with van der Waals surface area (Å²) in [6, 6.07) is 16.9. The van der Waals surface area contributed by atoms with Gasteiger partial charge in [0.2, 0.25) is 4.91 Å². The van der Waals surface area contributed by atoms with Crippen LogP contribution in [0.1, 0.15) is 22.2 Å². The Kier molecular flexibility index (Phi) is 6.27. The SMILES string of the molecule is COC1OC2COC(c3ccccc3)O[C@H]2C(N=[N+]=N)C1NC(=O)c1ccccc1. The van der Waals surface area contributed by atoms with E-state index < -0.39 is 36.9 Å². The minimum Gasteiger partial charge on any atom is -0.354 e. The van der Waals surface area contributed by atoms with Crippen LogP contribution >= 0.6 is 0 Å². The van der Waals surface area contributed by atoms with Gasteiger partial charge in [0.25, 0.3) is 5.91 Å². The highest BCUT2D eigenvalue weighted by atomic mass is 16.7. The first-order valence-corrected chi connectivity index (χ1v) is 9.64. The molecule has 2 aliphatic heterocycles. The lowest BCUT2D eigenvalue weighted by Crippen LogP contribution is -2.66. The second-order valence-corrected chi connectivity index (χ2v) is 7.03. The monoisotopic (exact) mass is 411 g/mol. The molecule has 0 saturated carbocycles. The second-order valence-electron chi connectivity index (χ2n) is 7.03. The van der Waals surface area contributed by atoms with Gasteiger partial charge in [0, 0.05) is 18.2 Å². The van der Waals surface area contributed by atoms with Crippen LogP contribution in [-0.2, 0) is 18.9 Å². The number of carbonyl (C=O) groups excluding carboxylic acids is 1. The van der Waals surface area contributed by atoms with E-state index in [1.54, 1.807) is 24.3 Å². The number of amides is 1. The van der Waals surface area contributed by atoms with E-state index in [1.165, 1.54) is 7.11 Å². The van der Waals surface area contributed by atoms with Crippen LogP contribution in [-0.4, -0.2) is 50.2 Å². The summed E-state index contributed by atoms with van der Waals surface area (Å²) >= 11 is 0. The Morgan fingerprint density at radius 1 is 1.13 bits per heavy atom. The van der Waals surface area contributed by atoms with E-state index in [9.17, 15) is 4.79 Å². The molecule has 2 aliphatic rings. The molecule has 2 N–H and O–H groups in total. The van der Waals surface area contributed by atoms with Crippen LogP contribution in [0.3, 0.4) is 0 Å². The molecule has 0 aliphatic carbocycles. The van der Waals surface area contributed by atoms with Crippen molar-refractivity contribution in [2.24, 2.45) is 5.11 Å². The van der Waals surface area contributed by atoms with Gasteiger partial charge in [-0.2, -0.15) is 0 Å². The van der Waals surface area contributed by atoms with Crippen LogP contribution in [0.5, 0.6) is 0 Å². The van der Waals surface area contributed by atoms with E-state index in [2.05, 4.69) is 15.3 Å². The highest BCUT2D eigenvalue weighted by Gasteiger charge is 2.53. The largest absolute Gasteiger partial charge is 0.354 e. The highest BCUT2D eigenvalue weighted by Crippen LogP contribution is 2.35. The van der Waals surface area contributed by atoms with E-state index in [-0.39, 0.29) is 12.5 Å². The van der Waals surface area contributed by atoms with Gasteiger partial charge in [0.15, 0.2) is 18.6 Å². The number of nitrogens with one attached hydrogen (secondary N) is 2. The average molecular weight is 411 g/mol. The zero-order valence-corrected chi connectivity index (χ0v) is 16.4. The highest BCUT2D eigenvalue weighted by molar-refractivity contribution is 5.94. The number of ether oxygens (including phenoxy) is 4. The fraction of sp³-hybridized carbons (Fsp3) is 0.381. The van der Waals surface area contributed by atoms with Crippen molar-refractivity contribution in [3.63, 3.8) is 0 Å². The van der Waals surface area contributed by atoms with Gasteiger partial charge >= 0.3 is 0 Å². The van der Waals surface area contributed by atoms with Gasteiger partial charge in [0.05, 0.1) is 6.61 Å². The molecule has 2 aromatic carbocycles. The van der Waals surface area contributed by atoms with Crippen molar-refractivity contribution in [3.05, 3.63) is 71.8 Å². The number of hydrogen-bond acceptors (Lipinski definition) is 7. The summed E-state index contributed by atoms with van der Waals surface area (Å²) in [5.74, 6) is -0.304. The first-order chi connectivity index (χ1) is 14.7. The third kappa shape index (κ3) is 4.16. The Morgan fingerprint density at radius 3 is 2.50 bits per heavy atom. The summed E-state index contributed by atoms with van der Waals surface area (Å²) in [4.78, 5) is 16.0. The van der Waals surface area contributed by atoms with E-state index >= 15 is 0 Å². The van der Waals surface area contributed by atoms with Gasteiger partial charge in [-0.15, -0.1) is 0 Å². The van der Waals surface area contributed by atoms with E-state index in [1.807, 2.05) is 36.4 Å². The Morgan fingerprint density at radius 2 is 1.83 bits per heavy atom. The van der Waals surface area contributed by atoms with Crippen LogP contribution in [0.25, 0.3) is 0 Å². The molecule has 2 saturated heterocycles. The molecule has 1 amide bonds. The van der Waals surface area contributed by atoms with Crippen LogP contribution < -0.4 is 10.2 Å².